The van der Waals surface area contributed by atoms with Crippen molar-refractivity contribution in [1.82, 2.24) is 0 Å². The van der Waals surface area contributed by atoms with E-state index in [0.29, 0.717) is 12.5 Å². The van der Waals surface area contributed by atoms with Crippen molar-refractivity contribution in [3.05, 3.63) is 0 Å². The molecule has 3 heteroatoms. The van der Waals surface area contributed by atoms with Crippen molar-refractivity contribution in [2.45, 2.75) is 26.4 Å². The predicted octanol–water partition coefficient (Wildman–Crippen LogP) is 1.13. The number of carbonyl (C=O) groups is 1. The number of rotatable bonds is 4. The van der Waals surface area contributed by atoms with E-state index in [0.717, 1.165) is 6.42 Å². The summed E-state index contributed by atoms with van der Waals surface area (Å²) in [4.78, 5) is 10.6. The largest absolute Gasteiger partial charge is 0.481 e. The van der Waals surface area contributed by atoms with Crippen LogP contribution in [0.3, 0.4) is 0 Å². The third-order valence-corrected chi connectivity index (χ3v) is 1.85. The van der Waals surface area contributed by atoms with E-state index in [2.05, 4.69) is 0 Å². The van der Waals surface area contributed by atoms with Gasteiger partial charge in [-0.25, -0.2) is 0 Å². The third kappa shape index (κ3) is 2.50. The van der Waals surface area contributed by atoms with Gasteiger partial charge in [0, 0.05) is 0 Å². The van der Waals surface area contributed by atoms with Crippen LogP contribution in [0.1, 0.15) is 20.3 Å². The van der Waals surface area contributed by atoms with Gasteiger partial charge in [-0.3, -0.25) is 4.79 Å². The Bertz CT molecular complexity index is 149. The van der Waals surface area contributed by atoms with Gasteiger partial charge in [0.25, 0.3) is 0 Å². The summed E-state index contributed by atoms with van der Waals surface area (Å²) in [5, 5.41) is 8.75. The molecule has 1 rings (SSSR count). The van der Waals surface area contributed by atoms with Crippen LogP contribution in [0, 0.1) is 11.8 Å². The Kier molecular flexibility index (Phi) is 2.49. The van der Waals surface area contributed by atoms with E-state index >= 15 is 0 Å². The van der Waals surface area contributed by atoms with Gasteiger partial charge in [-0.1, -0.05) is 13.8 Å². The first-order chi connectivity index (χ1) is 5.11. The topological polar surface area (TPSA) is 49.8 Å². The molecular weight excluding hydrogens is 144 g/mol. The van der Waals surface area contributed by atoms with Crippen LogP contribution in [-0.4, -0.2) is 23.8 Å². The molecule has 1 aliphatic heterocycles. The van der Waals surface area contributed by atoms with Crippen LogP contribution in [-0.2, 0) is 9.53 Å². The molecule has 0 amide bonds. The zero-order valence-electron chi connectivity index (χ0n) is 6.91. The van der Waals surface area contributed by atoms with Crippen LogP contribution in [0.2, 0.25) is 0 Å². The Morgan fingerprint density at radius 2 is 2.27 bits per heavy atom. The molecule has 1 saturated heterocycles. The predicted molar refractivity (Wildman–Crippen MR) is 40.3 cm³/mol. The van der Waals surface area contributed by atoms with Crippen molar-refractivity contribution in [3.63, 3.8) is 0 Å². The van der Waals surface area contributed by atoms with Gasteiger partial charge in [0.05, 0.1) is 18.6 Å². The van der Waals surface area contributed by atoms with Crippen LogP contribution >= 0.6 is 0 Å². The van der Waals surface area contributed by atoms with Crippen molar-refractivity contribution in [3.8, 4) is 0 Å². The highest BCUT2D eigenvalue weighted by Gasteiger charge is 2.37. The Morgan fingerprint density at radius 3 is 2.55 bits per heavy atom. The first-order valence-corrected chi connectivity index (χ1v) is 3.95. The Hall–Kier alpha value is -0.570. The van der Waals surface area contributed by atoms with Crippen molar-refractivity contribution in [2.75, 3.05) is 6.61 Å². The van der Waals surface area contributed by atoms with Gasteiger partial charge in [-0.15, -0.1) is 0 Å². The molecule has 0 aliphatic carbocycles. The molecule has 2 atom stereocenters. The molecule has 1 aliphatic rings. The van der Waals surface area contributed by atoms with E-state index < -0.39 is 5.97 Å². The van der Waals surface area contributed by atoms with E-state index in [1.807, 2.05) is 13.8 Å². The summed E-state index contributed by atoms with van der Waals surface area (Å²) < 4.78 is 4.95. The summed E-state index contributed by atoms with van der Waals surface area (Å²) in [7, 11) is 0. The van der Waals surface area contributed by atoms with Crippen molar-refractivity contribution in [1.29, 1.82) is 0 Å². The molecule has 1 N–H and O–H groups in total. The van der Waals surface area contributed by atoms with E-state index in [9.17, 15) is 4.79 Å². The summed E-state index contributed by atoms with van der Waals surface area (Å²) in [6.07, 6.45) is 0.717. The lowest BCUT2D eigenvalue weighted by atomic mass is 9.95. The highest BCUT2D eigenvalue weighted by molar-refractivity contribution is 5.71. The first kappa shape index (κ1) is 8.53. The zero-order valence-corrected chi connectivity index (χ0v) is 6.91. The number of hydrogen-bond donors (Lipinski definition) is 1. The summed E-state index contributed by atoms with van der Waals surface area (Å²) in [6.45, 7) is 4.68. The molecule has 0 unspecified atom stereocenters. The molecule has 3 nitrogen and oxygen atoms in total. The van der Waals surface area contributed by atoms with Gasteiger partial charge in [0.15, 0.2) is 0 Å². The Morgan fingerprint density at radius 1 is 1.73 bits per heavy atom. The quantitative estimate of drug-likeness (QED) is 0.624. The third-order valence-electron chi connectivity index (χ3n) is 1.85. The molecular formula is C8H14O3. The second-order valence-electron chi connectivity index (χ2n) is 3.45. The van der Waals surface area contributed by atoms with Gasteiger partial charge < -0.3 is 9.84 Å². The number of carboxylic acid groups (broad SMARTS) is 1. The fourth-order valence-corrected chi connectivity index (χ4v) is 1.21. The molecule has 0 spiro atoms. The summed E-state index contributed by atoms with van der Waals surface area (Å²) in [6, 6.07) is 0. The molecule has 0 aromatic rings. The van der Waals surface area contributed by atoms with Crippen LogP contribution in [0.25, 0.3) is 0 Å². The van der Waals surface area contributed by atoms with Gasteiger partial charge >= 0.3 is 5.97 Å². The summed E-state index contributed by atoms with van der Waals surface area (Å²) >= 11 is 0. The number of aliphatic carboxylic acids is 1. The molecule has 64 valence electrons. The normalized spacial score (nSPS) is 25.2. The molecule has 0 aromatic heterocycles. The summed E-state index contributed by atoms with van der Waals surface area (Å²) in [5.74, 6) is -0.573. The van der Waals surface area contributed by atoms with Gasteiger partial charge in [-0.2, -0.15) is 0 Å². The average Bonchev–Trinajstić information content (AvgIpc) is 2.63. The molecule has 0 bridgehead atoms. The maximum atomic E-state index is 10.6. The minimum atomic E-state index is -0.721. The lowest BCUT2D eigenvalue weighted by molar-refractivity contribution is -0.143. The van der Waals surface area contributed by atoms with Crippen LogP contribution in [0.4, 0.5) is 0 Å². The van der Waals surface area contributed by atoms with Crippen molar-refractivity contribution in [2.24, 2.45) is 11.8 Å². The smallest absolute Gasteiger partial charge is 0.309 e. The maximum Gasteiger partial charge on any atom is 0.309 e. The number of ether oxygens (including phenoxy) is 1. The second-order valence-corrected chi connectivity index (χ2v) is 3.45. The number of hydrogen-bond acceptors (Lipinski definition) is 2. The zero-order chi connectivity index (χ0) is 8.43. The molecule has 0 saturated carbocycles. The second kappa shape index (κ2) is 3.22. The van der Waals surface area contributed by atoms with Gasteiger partial charge in [0.1, 0.15) is 0 Å². The van der Waals surface area contributed by atoms with Gasteiger partial charge in [0.2, 0.25) is 0 Å². The van der Waals surface area contributed by atoms with Gasteiger partial charge in [-0.05, 0) is 12.3 Å². The average molecular weight is 158 g/mol. The molecule has 0 radical (unpaired) electrons. The highest BCUT2D eigenvalue weighted by Crippen LogP contribution is 2.26. The summed E-state index contributed by atoms with van der Waals surface area (Å²) in [5.41, 5.74) is 0. The highest BCUT2D eigenvalue weighted by atomic mass is 16.6. The minimum absolute atomic E-state index is 0.00472. The maximum absolute atomic E-state index is 10.6. The van der Waals surface area contributed by atoms with Crippen LogP contribution in [0.15, 0.2) is 0 Å². The van der Waals surface area contributed by atoms with Crippen molar-refractivity contribution < 1.29 is 14.6 Å². The fourth-order valence-electron chi connectivity index (χ4n) is 1.21. The molecule has 0 aromatic carbocycles. The Balaban J connectivity index is 2.38. The lowest BCUT2D eigenvalue weighted by Crippen LogP contribution is -2.21. The fraction of sp³-hybridized carbons (Fsp3) is 0.875. The first-order valence-electron chi connectivity index (χ1n) is 3.95. The number of epoxide rings is 1. The van der Waals surface area contributed by atoms with Crippen LogP contribution in [0.5, 0.6) is 0 Å². The van der Waals surface area contributed by atoms with E-state index in [4.69, 9.17) is 9.84 Å². The van der Waals surface area contributed by atoms with Crippen molar-refractivity contribution >= 4 is 5.97 Å². The van der Waals surface area contributed by atoms with E-state index in [-0.39, 0.29) is 12.0 Å². The lowest BCUT2D eigenvalue weighted by Gasteiger charge is -2.10. The molecule has 1 heterocycles. The molecule has 11 heavy (non-hydrogen) atoms. The SMILES string of the molecule is CC(C)C[C@H](C(=O)O)[C@H]1CO1. The minimum Gasteiger partial charge on any atom is -0.481 e. The monoisotopic (exact) mass is 158 g/mol. The van der Waals surface area contributed by atoms with E-state index in [1.165, 1.54) is 0 Å². The number of carboxylic acids is 1. The molecule has 1 fully saturated rings. The van der Waals surface area contributed by atoms with E-state index in [1.54, 1.807) is 0 Å². The van der Waals surface area contributed by atoms with Crippen LogP contribution < -0.4 is 0 Å². The Labute approximate surface area is 66.4 Å². The standard InChI is InChI=1S/C8H14O3/c1-5(2)3-6(8(9)10)7-4-11-7/h5-7H,3-4H2,1-2H3,(H,9,10)/t6-,7+/m0/s1.